The minimum Gasteiger partial charge on any atom is -0.393 e. The van der Waals surface area contributed by atoms with Crippen LogP contribution in [0.5, 0.6) is 0 Å². The lowest BCUT2D eigenvalue weighted by molar-refractivity contribution is 0.0280. The van der Waals surface area contributed by atoms with Crippen LogP contribution in [0, 0.1) is 5.92 Å². The van der Waals surface area contributed by atoms with Crippen LogP contribution in [0.2, 0.25) is 0 Å². The van der Waals surface area contributed by atoms with Gasteiger partial charge in [-0.05, 0) is 24.3 Å². The van der Waals surface area contributed by atoms with Gasteiger partial charge in [-0.2, -0.15) is 0 Å². The Labute approximate surface area is 129 Å². The minimum atomic E-state index is -3.69. The van der Waals surface area contributed by atoms with Crippen molar-refractivity contribution >= 4 is 10.0 Å². The fourth-order valence-electron chi connectivity index (χ4n) is 2.75. The molecule has 0 aliphatic heterocycles. The maximum Gasteiger partial charge on any atom is 0.260 e. The van der Waals surface area contributed by atoms with Crippen LogP contribution in [0.15, 0.2) is 47.9 Å². The fraction of sp³-hybridized carbons (Fsp3) is 0.400. The highest BCUT2D eigenvalue weighted by Gasteiger charge is 2.37. The van der Waals surface area contributed by atoms with E-state index in [9.17, 15) is 13.5 Å². The van der Waals surface area contributed by atoms with Gasteiger partial charge in [0.1, 0.15) is 0 Å². The zero-order valence-electron chi connectivity index (χ0n) is 12.3. The number of aromatic nitrogens is 2. The molecule has 1 fully saturated rings. The predicted molar refractivity (Wildman–Crippen MR) is 81.4 cm³/mol. The Morgan fingerprint density at radius 3 is 2.55 bits per heavy atom. The SMILES string of the molecule is Cn1cnc(S(=O)(=O)N[C@H](c2ccccc2)C2CC(O)C2)c1. The van der Waals surface area contributed by atoms with Crippen LogP contribution in [0.3, 0.4) is 0 Å². The number of benzene rings is 1. The molecular weight excluding hydrogens is 302 g/mol. The number of hydrogen-bond acceptors (Lipinski definition) is 4. The number of aryl methyl sites for hydroxylation is 1. The molecule has 0 spiro atoms. The summed E-state index contributed by atoms with van der Waals surface area (Å²) < 4.78 is 29.4. The van der Waals surface area contributed by atoms with Crippen LogP contribution in [-0.4, -0.2) is 29.2 Å². The van der Waals surface area contributed by atoms with E-state index >= 15 is 0 Å². The molecule has 3 rings (SSSR count). The maximum atomic E-state index is 12.5. The summed E-state index contributed by atoms with van der Waals surface area (Å²) in [7, 11) is -1.96. The summed E-state index contributed by atoms with van der Waals surface area (Å²) in [6.07, 6.45) is 3.80. The molecule has 0 radical (unpaired) electrons. The van der Waals surface area contributed by atoms with Gasteiger partial charge < -0.3 is 9.67 Å². The van der Waals surface area contributed by atoms with Gasteiger partial charge in [0.25, 0.3) is 10.0 Å². The molecule has 22 heavy (non-hydrogen) atoms. The molecule has 1 heterocycles. The summed E-state index contributed by atoms with van der Waals surface area (Å²) >= 11 is 0. The third-order valence-electron chi connectivity index (χ3n) is 4.02. The van der Waals surface area contributed by atoms with E-state index in [0.29, 0.717) is 12.8 Å². The van der Waals surface area contributed by atoms with Gasteiger partial charge in [0, 0.05) is 13.2 Å². The predicted octanol–water partition coefficient (Wildman–Crippen LogP) is 1.21. The van der Waals surface area contributed by atoms with Crippen LogP contribution in [0.1, 0.15) is 24.4 Å². The van der Waals surface area contributed by atoms with E-state index in [1.807, 2.05) is 30.3 Å². The normalized spacial score (nSPS) is 23.0. The first-order chi connectivity index (χ1) is 10.5. The molecule has 0 amide bonds. The Morgan fingerprint density at radius 2 is 2.00 bits per heavy atom. The summed E-state index contributed by atoms with van der Waals surface area (Å²) in [5.41, 5.74) is 0.902. The van der Waals surface area contributed by atoms with E-state index in [1.54, 1.807) is 11.6 Å². The molecule has 0 saturated heterocycles. The Bertz CT molecular complexity index is 736. The molecule has 7 heteroatoms. The number of aliphatic hydroxyl groups is 1. The second kappa shape index (κ2) is 5.83. The zero-order chi connectivity index (χ0) is 15.7. The standard InChI is InChI=1S/C15H19N3O3S/c1-18-9-14(16-10-18)22(20,21)17-15(12-7-13(19)8-12)11-5-3-2-4-6-11/h2-6,9-10,12-13,15,17,19H,7-8H2,1H3/t12?,13?,15-/m1/s1. The quantitative estimate of drug-likeness (QED) is 0.867. The van der Waals surface area contributed by atoms with Crippen LogP contribution >= 0.6 is 0 Å². The largest absolute Gasteiger partial charge is 0.393 e. The van der Waals surface area contributed by atoms with Gasteiger partial charge >= 0.3 is 0 Å². The Balaban J connectivity index is 1.87. The van der Waals surface area contributed by atoms with E-state index in [0.717, 1.165) is 5.56 Å². The molecule has 2 aromatic rings. The average molecular weight is 321 g/mol. The number of aliphatic hydroxyl groups excluding tert-OH is 1. The highest BCUT2D eigenvalue weighted by atomic mass is 32.2. The number of hydrogen-bond donors (Lipinski definition) is 2. The average Bonchev–Trinajstić information content (AvgIpc) is 2.90. The van der Waals surface area contributed by atoms with Gasteiger partial charge in [-0.3, -0.25) is 0 Å². The molecule has 118 valence electrons. The van der Waals surface area contributed by atoms with Crippen molar-refractivity contribution < 1.29 is 13.5 Å². The van der Waals surface area contributed by atoms with Crippen molar-refractivity contribution in [2.75, 3.05) is 0 Å². The van der Waals surface area contributed by atoms with Gasteiger partial charge in [-0.15, -0.1) is 0 Å². The lowest BCUT2D eigenvalue weighted by Crippen LogP contribution is -2.41. The fourth-order valence-corrected chi connectivity index (χ4v) is 4.03. The summed E-state index contributed by atoms with van der Waals surface area (Å²) in [5, 5.41) is 9.55. The van der Waals surface area contributed by atoms with Crippen molar-refractivity contribution in [1.29, 1.82) is 0 Å². The van der Waals surface area contributed by atoms with Crippen molar-refractivity contribution in [3.05, 3.63) is 48.4 Å². The molecule has 6 nitrogen and oxygen atoms in total. The van der Waals surface area contributed by atoms with Gasteiger partial charge in [-0.1, -0.05) is 30.3 Å². The number of nitrogens with zero attached hydrogens (tertiary/aromatic N) is 2. The number of sulfonamides is 1. The van der Waals surface area contributed by atoms with Gasteiger partial charge in [0.05, 0.1) is 18.5 Å². The molecule has 1 atom stereocenters. The zero-order valence-corrected chi connectivity index (χ0v) is 13.1. The lowest BCUT2D eigenvalue weighted by Gasteiger charge is -2.38. The van der Waals surface area contributed by atoms with Crippen molar-refractivity contribution in [3.8, 4) is 0 Å². The highest BCUT2D eigenvalue weighted by Crippen LogP contribution is 2.38. The number of rotatable bonds is 5. The molecule has 1 aromatic carbocycles. The van der Waals surface area contributed by atoms with E-state index in [4.69, 9.17) is 0 Å². The molecule has 1 aliphatic carbocycles. The monoisotopic (exact) mass is 321 g/mol. The van der Waals surface area contributed by atoms with Crippen molar-refractivity contribution in [1.82, 2.24) is 14.3 Å². The first-order valence-electron chi connectivity index (χ1n) is 7.19. The van der Waals surface area contributed by atoms with E-state index < -0.39 is 10.0 Å². The first kappa shape index (κ1) is 15.2. The molecule has 1 saturated carbocycles. The summed E-state index contributed by atoms with van der Waals surface area (Å²) in [6, 6.07) is 9.10. The number of nitrogens with one attached hydrogen (secondary N) is 1. The van der Waals surface area contributed by atoms with E-state index in [-0.39, 0.29) is 23.1 Å². The van der Waals surface area contributed by atoms with Crippen LogP contribution < -0.4 is 4.72 Å². The summed E-state index contributed by atoms with van der Waals surface area (Å²) in [6.45, 7) is 0. The third kappa shape index (κ3) is 3.06. The minimum absolute atomic E-state index is 0.0100. The molecule has 2 N–H and O–H groups in total. The summed E-state index contributed by atoms with van der Waals surface area (Å²) in [5.74, 6) is 0.0934. The third-order valence-corrected chi connectivity index (χ3v) is 5.34. The Morgan fingerprint density at radius 1 is 1.32 bits per heavy atom. The topological polar surface area (TPSA) is 84.2 Å². The number of imidazole rings is 1. The van der Waals surface area contributed by atoms with Crippen LogP contribution in [0.25, 0.3) is 0 Å². The molecule has 0 unspecified atom stereocenters. The smallest absolute Gasteiger partial charge is 0.260 e. The first-order valence-corrected chi connectivity index (χ1v) is 8.67. The van der Waals surface area contributed by atoms with E-state index in [2.05, 4.69) is 9.71 Å². The Hall–Kier alpha value is -1.70. The molecular formula is C15H19N3O3S. The van der Waals surface area contributed by atoms with Gasteiger partial charge in [0.15, 0.2) is 5.03 Å². The maximum absolute atomic E-state index is 12.5. The van der Waals surface area contributed by atoms with Gasteiger partial charge in [0.2, 0.25) is 0 Å². The lowest BCUT2D eigenvalue weighted by atomic mass is 9.75. The van der Waals surface area contributed by atoms with Crippen molar-refractivity contribution in [2.24, 2.45) is 13.0 Å². The van der Waals surface area contributed by atoms with E-state index in [1.165, 1.54) is 12.5 Å². The van der Waals surface area contributed by atoms with Crippen LogP contribution in [-0.2, 0) is 17.1 Å². The van der Waals surface area contributed by atoms with Gasteiger partial charge in [-0.25, -0.2) is 18.1 Å². The highest BCUT2D eigenvalue weighted by molar-refractivity contribution is 7.89. The summed E-state index contributed by atoms with van der Waals surface area (Å²) in [4.78, 5) is 3.92. The molecule has 0 bridgehead atoms. The second-order valence-corrected chi connectivity index (χ2v) is 7.43. The molecule has 1 aliphatic rings. The Kier molecular flexibility index (Phi) is 4.03. The van der Waals surface area contributed by atoms with Crippen molar-refractivity contribution in [2.45, 2.75) is 30.0 Å². The van der Waals surface area contributed by atoms with Crippen LogP contribution in [0.4, 0.5) is 0 Å². The molecule has 1 aromatic heterocycles. The van der Waals surface area contributed by atoms with Crippen molar-refractivity contribution in [3.63, 3.8) is 0 Å². The second-order valence-electron chi connectivity index (χ2n) is 5.77.